The molecule has 3 fully saturated rings. The molecule has 6 heteroatoms. The number of nitrogens with zero attached hydrogens (tertiary/aromatic N) is 1. The molecule has 3 atom stereocenters. The van der Waals surface area contributed by atoms with E-state index in [1.54, 1.807) is 13.0 Å². The van der Waals surface area contributed by atoms with Crippen LogP contribution >= 0.6 is 0 Å². The van der Waals surface area contributed by atoms with Crippen LogP contribution in [0.2, 0.25) is 0 Å². The van der Waals surface area contributed by atoms with E-state index in [1.165, 1.54) is 0 Å². The first kappa shape index (κ1) is 18.3. The highest BCUT2D eigenvalue weighted by Gasteiger charge is 2.58. The Morgan fingerprint density at radius 2 is 2.11 bits per heavy atom. The normalized spacial score (nSPS) is 31.6. The maximum Gasteiger partial charge on any atom is 0.341 e. The number of Topliss-reactive ketones (excluding diaryl/α,β-unsaturated/α-hetero) is 1. The molecule has 0 aromatic carbocycles. The number of esters is 1. The van der Waals surface area contributed by atoms with Crippen molar-refractivity contribution >= 4 is 17.7 Å². The lowest BCUT2D eigenvalue weighted by molar-refractivity contribution is -0.142. The minimum Gasteiger partial charge on any atom is -0.489 e. The Balaban J connectivity index is 1.72. The van der Waals surface area contributed by atoms with Crippen LogP contribution in [0.3, 0.4) is 0 Å². The molecule has 4 aliphatic rings. The second-order valence-corrected chi connectivity index (χ2v) is 8.13. The molecular formula is C21H27NO5. The lowest BCUT2D eigenvalue weighted by Gasteiger charge is -2.47. The zero-order valence-electron chi connectivity index (χ0n) is 16.1. The quantitative estimate of drug-likeness (QED) is 0.406. The molecule has 0 aromatic heterocycles. The molecular weight excluding hydrogens is 346 g/mol. The van der Waals surface area contributed by atoms with Gasteiger partial charge in [-0.15, -0.1) is 0 Å². The summed E-state index contributed by atoms with van der Waals surface area (Å²) in [6.45, 7) is 5.09. The van der Waals surface area contributed by atoms with Gasteiger partial charge in [0.15, 0.2) is 5.76 Å². The fraction of sp³-hybridized carbons (Fsp3) is 0.667. The molecule has 2 saturated heterocycles. The Bertz CT molecular complexity index is 752. The van der Waals surface area contributed by atoms with Crippen LogP contribution in [0.25, 0.3) is 0 Å². The van der Waals surface area contributed by atoms with Crippen molar-refractivity contribution in [2.45, 2.75) is 57.9 Å². The maximum absolute atomic E-state index is 13.3. The number of carbonyl (C=O) groups is 3. The lowest BCUT2D eigenvalue weighted by Crippen LogP contribution is -2.55. The van der Waals surface area contributed by atoms with Crippen LogP contribution in [0.1, 0.15) is 52.4 Å². The van der Waals surface area contributed by atoms with Gasteiger partial charge in [0.2, 0.25) is 5.78 Å². The molecule has 27 heavy (non-hydrogen) atoms. The number of amides is 1. The summed E-state index contributed by atoms with van der Waals surface area (Å²) >= 11 is 0. The van der Waals surface area contributed by atoms with Gasteiger partial charge < -0.3 is 14.4 Å². The first-order chi connectivity index (χ1) is 13.0. The summed E-state index contributed by atoms with van der Waals surface area (Å²) in [6.07, 6.45) is 7.34. The molecule has 0 N–H and O–H groups in total. The largest absolute Gasteiger partial charge is 0.489 e. The fourth-order valence-electron chi connectivity index (χ4n) is 5.24. The van der Waals surface area contributed by atoms with Gasteiger partial charge in [-0.3, -0.25) is 9.59 Å². The average Bonchev–Trinajstić information content (AvgIpc) is 3.21. The highest BCUT2D eigenvalue weighted by molar-refractivity contribution is 6.26. The molecule has 2 aliphatic carbocycles. The molecule has 2 heterocycles. The molecule has 2 aliphatic heterocycles. The van der Waals surface area contributed by atoms with Gasteiger partial charge in [-0.2, -0.15) is 0 Å². The van der Waals surface area contributed by atoms with E-state index in [0.717, 1.165) is 45.1 Å². The number of hydrogen-bond donors (Lipinski definition) is 0. The summed E-state index contributed by atoms with van der Waals surface area (Å²) < 4.78 is 10.9. The van der Waals surface area contributed by atoms with Crippen molar-refractivity contribution < 1.29 is 23.9 Å². The Hall–Kier alpha value is -2.11. The monoisotopic (exact) mass is 373 g/mol. The summed E-state index contributed by atoms with van der Waals surface area (Å²) in [5.41, 5.74) is 0.353. The number of ether oxygens (including phenoxy) is 2. The van der Waals surface area contributed by atoms with Gasteiger partial charge in [0.1, 0.15) is 5.57 Å². The van der Waals surface area contributed by atoms with Crippen molar-refractivity contribution in [3.63, 3.8) is 0 Å². The van der Waals surface area contributed by atoms with E-state index in [2.05, 4.69) is 0 Å². The number of carbonyl (C=O) groups excluding carboxylic acids is 3. The molecule has 1 amide bonds. The lowest BCUT2D eigenvalue weighted by atomic mass is 9.73. The van der Waals surface area contributed by atoms with E-state index in [4.69, 9.17) is 9.47 Å². The SMILES string of the molecule is CCCCOC1=C2C(=O)N3C[C@@H]4CC[C@@]3(CC2C=C(C(=O)OCC)C1=O)C4. The molecule has 1 unspecified atom stereocenters. The van der Waals surface area contributed by atoms with E-state index in [0.29, 0.717) is 18.1 Å². The highest BCUT2D eigenvalue weighted by Crippen LogP contribution is 2.55. The third-order valence-corrected chi connectivity index (χ3v) is 6.45. The zero-order valence-corrected chi connectivity index (χ0v) is 16.1. The van der Waals surface area contributed by atoms with Crippen LogP contribution in [-0.2, 0) is 23.9 Å². The maximum atomic E-state index is 13.3. The van der Waals surface area contributed by atoms with Crippen molar-refractivity contribution in [2.24, 2.45) is 11.8 Å². The van der Waals surface area contributed by atoms with Crippen LogP contribution in [0, 0.1) is 11.8 Å². The Kier molecular flexibility index (Phi) is 4.60. The van der Waals surface area contributed by atoms with Crippen molar-refractivity contribution in [2.75, 3.05) is 19.8 Å². The molecule has 2 bridgehead atoms. The Morgan fingerprint density at radius 3 is 2.81 bits per heavy atom. The zero-order chi connectivity index (χ0) is 19.2. The van der Waals surface area contributed by atoms with Gasteiger partial charge in [-0.05, 0) is 44.9 Å². The number of ketones is 1. The first-order valence-electron chi connectivity index (χ1n) is 10.1. The summed E-state index contributed by atoms with van der Waals surface area (Å²) in [7, 11) is 0. The second kappa shape index (κ2) is 6.80. The van der Waals surface area contributed by atoms with Crippen LogP contribution in [0.5, 0.6) is 0 Å². The molecule has 0 radical (unpaired) electrons. The second-order valence-electron chi connectivity index (χ2n) is 8.13. The highest BCUT2D eigenvalue weighted by atomic mass is 16.5. The first-order valence-corrected chi connectivity index (χ1v) is 10.1. The van der Waals surface area contributed by atoms with Gasteiger partial charge >= 0.3 is 5.97 Å². The van der Waals surface area contributed by atoms with Crippen LogP contribution < -0.4 is 0 Å². The van der Waals surface area contributed by atoms with Crippen molar-refractivity contribution in [1.29, 1.82) is 0 Å². The summed E-state index contributed by atoms with van der Waals surface area (Å²) in [4.78, 5) is 40.6. The molecule has 1 saturated carbocycles. The van der Waals surface area contributed by atoms with Gasteiger partial charge in [0.25, 0.3) is 5.91 Å². The van der Waals surface area contributed by atoms with E-state index < -0.39 is 11.8 Å². The molecule has 1 spiro atoms. The topological polar surface area (TPSA) is 72.9 Å². The van der Waals surface area contributed by atoms with Gasteiger partial charge in [0, 0.05) is 18.0 Å². The van der Waals surface area contributed by atoms with Crippen molar-refractivity contribution in [1.82, 2.24) is 4.90 Å². The van der Waals surface area contributed by atoms with Crippen molar-refractivity contribution in [3.05, 3.63) is 23.0 Å². The molecule has 4 rings (SSSR count). The van der Waals surface area contributed by atoms with Crippen LogP contribution in [-0.4, -0.2) is 47.9 Å². The number of piperidine rings is 2. The number of unbranched alkanes of at least 4 members (excludes halogenated alkanes) is 1. The fourth-order valence-corrected chi connectivity index (χ4v) is 5.24. The Morgan fingerprint density at radius 1 is 1.30 bits per heavy atom. The number of hydrogen-bond acceptors (Lipinski definition) is 5. The number of allylic oxidation sites excluding steroid dienone is 2. The van der Waals surface area contributed by atoms with Crippen LogP contribution in [0.15, 0.2) is 23.0 Å². The smallest absolute Gasteiger partial charge is 0.341 e. The van der Waals surface area contributed by atoms with Gasteiger partial charge in [-0.1, -0.05) is 19.4 Å². The summed E-state index contributed by atoms with van der Waals surface area (Å²) in [5.74, 6) is -0.831. The third-order valence-electron chi connectivity index (χ3n) is 6.45. The molecule has 0 aromatic rings. The van der Waals surface area contributed by atoms with E-state index in [1.807, 2.05) is 11.8 Å². The van der Waals surface area contributed by atoms with E-state index >= 15 is 0 Å². The van der Waals surface area contributed by atoms with Crippen molar-refractivity contribution in [3.8, 4) is 0 Å². The van der Waals surface area contributed by atoms with E-state index in [9.17, 15) is 14.4 Å². The molecule has 146 valence electrons. The summed E-state index contributed by atoms with van der Waals surface area (Å²) in [5, 5.41) is 0. The average molecular weight is 373 g/mol. The van der Waals surface area contributed by atoms with E-state index in [-0.39, 0.29) is 35.3 Å². The minimum atomic E-state index is -0.624. The Labute approximate surface area is 159 Å². The standard InChI is InChI=1S/C21H27NO5/c1-3-5-8-27-18-16-14(9-15(17(18)23)20(25)26-4-2)11-21-7-6-13(10-21)12-22(21)19(16)24/h9,13-14H,3-8,10-12H2,1-2H3/t13-,14?,21+/m1/s1. The van der Waals surface area contributed by atoms with Gasteiger partial charge in [-0.25, -0.2) is 4.79 Å². The number of rotatable bonds is 6. The minimum absolute atomic E-state index is 0.0160. The third kappa shape index (κ3) is 2.80. The van der Waals surface area contributed by atoms with Gasteiger partial charge in [0.05, 0.1) is 18.8 Å². The van der Waals surface area contributed by atoms with Crippen LogP contribution in [0.4, 0.5) is 0 Å². The summed E-state index contributed by atoms with van der Waals surface area (Å²) in [6, 6.07) is 0. The predicted octanol–water partition coefficient (Wildman–Crippen LogP) is 2.53. The molecule has 6 nitrogen and oxygen atoms in total. The predicted molar refractivity (Wildman–Crippen MR) is 97.5 cm³/mol. The number of fused-ring (bicyclic) bond motifs is 2.